The van der Waals surface area contributed by atoms with Crippen molar-refractivity contribution in [2.24, 2.45) is 10.8 Å². The Kier molecular flexibility index (Phi) is 8.14. The molecule has 6 aromatic rings. The van der Waals surface area contributed by atoms with Gasteiger partial charge in [-0.3, -0.25) is 0 Å². The first kappa shape index (κ1) is 36.6. The Labute approximate surface area is 341 Å². The minimum atomic E-state index is -1.12. The zero-order valence-corrected chi connectivity index (χ0v) is 34.4. The molecule has 0 bridgehead atoms. The summed E-state index contributed by atoms with van der Waals surface area (Å²) in [6.45, 7) is 10.0. The molecule has 1 fully saturated rings. The third-order valence-electron chi connectivity index (χ3n) is 13.1. The van der Waals surface area contributed by atoms with E-state index in [1.54, 1.807) is 21.3 Å². The van der Waals surface area contributed by atoms with Crippen LogP contribution in [-0.2, 0) is 21.5 Å². The zero-order chi connectivity index (χ0) is 40.1. The fourth-order valence-corrected chi connectivity index (χ4v) is 11.4. The molecule has 1 saturated carbocycles. The lowest BCUT2D eigenvalue weighted by Crippen LogP contribution is -2.44. The number of rotatable bonds is 6. The number of ether oxygens (including phenoxy) is 6. The van der Waals surface area contributed by atoms with Crippen molar-refractivity contribution in [1.29, 1.82) is 0 Å². The maximum Gasteiger partial charge on any atom is 0.271 e. The molecule has 0 saturated heterocycles. The van der Waals surface area contributed by atoms with Crippen LogP contribution in [0.3, 0.4) is 0 Å². The summed E-state index contributed by atoms with van der Waals surface area (Å²) < 4.78 is 38.8. The molecule has 294 valence electrons. The molecule has 2 aliphatic carbocycles. The molecule has 58 heavy (non-hydrogen) atoms. The Morgan fingerprint density at radius 3 is 1.81 bits per heavy atom. The quantitative estimate of drug-likeness (QED) is 0.168. The second kappa shape index (κ2) is 12.9. The fraction of sp³-hybridized carbons (Fsp3) is 0.308. The number of benzene rings is 6. The maximum absolute atomic E-state index is 7.77. The van der Waals surface area contributed by atoms with Crippen LogP contribution in [0.2, 0.25) is 0 Å². The lowest BCUT2D eigenvalue weighted by molar-refractivity contribution is -0.204. The van der Waals surface area contributed by atoms with Gasteiger partial charge in [0.05, 0.1) is 14.2 Å². The number of fused-ring (bicyclic) bond motifs is 11. The minimum Gasteiger partial charge on any atom is -0.497 e. The monoisotopic (exact) mass is 770 g/mol. The Morgan fingerprint density at radius 1 is 0.586 bits per heavy atom. The highest BCUT2D eigenvalue weighted by Gasteiger charge is 2.56. The normalized spacial score (nSPS) is 21.1. The summed E-state index contributed by atoms with van der Waals surface area (Å²) >= 11 is 0. The maximum atomic E-state index is 7.77. The van der Waals surface area contributed by atoms with Gasteiger partial charge in [0.25, 0.3) is 5.79 Å². The van der Waals surface area contributed by atoms with Crippen LogP contribution in [-0.4, -0.2) is 27.9 Å². The summed E-state index contributed by atoms with van der Waals surface area (Å²) in [5.74, 6) is 2.54. The Balaban J connectivity index is 1.28. The van der Waals surface area contributed by atoms with Crippen LogP contribution in [0.5, 0.6) is 28.7 Å². The van der Waals surface area contributed by atoms with Crippen molar-refractivity contribution < 1.29 is 28.4 Å². The van der Waals surface area contributed by atoms with Crippen LogP contribution in [0.25, 0.3) is 28.0 Å². The van der Waals surface area contributed by atoms with Crippen molar-refractivity contribution >= 4 is 16.8 Å². The summed E-state index contributed by atoms with van der Waals surface area (Å²) in [5.41, 5.74) is 8.21. The fourth-order valence-electron chi connectivity index (χ4n) is 11.4. The van der Waals surface area contributed by atoms with E-state index in [4.69, 9.17) is 28.4 Å². The highest BCUT2D eigenvalue weighted by Crippen LogP contribution is 2.67. The van der Waals surface area contributed by atoms with Gasteiger partial charge in [-0.05, 0) is 100 Å². The van der Waals surface area contributed by atoms with Crippen molar-refractivity contribution in [2.45, 2.75) is 63.8 Å². The van der Waals surface area contributed by atoms with Crippen LogP contribution in [0.4, 0.5) is 0 Å². The van der Waals surface area contributed by atoms with E-state index in [1.807, 2.05) is 54.6 Å². The molecule has 6 aromatic carbocycles. The van der Waals surface area contributed by atoms with E-state index in [0.29, 0.717) is 11.5 Å². The summed E-state index contributed by atoms with van der Waals surface area (Å²) in [7, 11) is 5.06. The largest absolute Gasteiger partial charge is 0.497 e. The molecule has 0 amide bonds. The van der Waals surface area contributed by atoms with E-state index < -0.39 is 11.4 Å². The van der Waals surface area contributed by atoms with E-state index in [2.05, 4.69) is 101 Å². The standard InChI is InChI=1S/C52H50O6/c1-48(2)29-49(3,4)31-50(30-48)42-16-12-11-15-38(42)45-40-27-43-44(57-52(55-7,32-56-43)35-13-9-8-10-14-35)28-41(40)47-39(46(45)50)25-26-51(58-47,33-17-21-36(53-5)22-18-33)34-19-23-37(54-6)24-20-34/h8-28H,29-32H2,1-7H3. The zero-order valence-electron chi connectivity index (χ0n) is 34.4. The lowest BCUT2D eigenvalue weighted by Gasteiger charge is -2.52. The first-order chi connectivity index (χ1) is 27.9. The third-order valence-corrected chi connectivity index (χ3v) is 13.1. The SMILES string of the molecule is COc1ccc(C2(c3ccc(OC)cc3)C=Cc3c4c(c5cc6c(cc5c3O2)OC(OC)(c2ccccc2)CO6)-c2ccccc2C42CC(C)(C)CC(C)(C)C2)cc1. The molecule has 6 nitrogen and oxygen atoms in total. The van der Waals surface area contributed by atoms with Gasteiger partial charge >= 0.3 is 0 Å². The van der Waals surface area contributed by atoms with Crippen molar-refractivity contribution in [3.8, 4) is 39.9 Å². The van der Waals surface area contributed by atoms with Crippen molar-refractivity contribution in [3.05, 3.63) is 155 Å². The second-order valence-electron chi connectivity index (χ2n) is 18.2. The van der Waals surface area contributed by atoms with Gasteiger partial charge in [-0.25, -0.2) is 0 Å². The number of methoxy groups -OCH3 is 3. The topological polar surface area (TPSA) is 55.4 Å². The van der Waals surface area contributed by atoms with E-state index in [9.17, 15) is 0 Å². The number of hydrogen-bond acceptors (Lipinski definition) is 6. The van der Waals surface area contributed by atoms with Crippen LogP contribution in [0.15, 0.2) is 121 Å². The molecule has 6 heteroatoms. The summed E-state index contributed by atoms with van der Waals surface area (Å²) in [6, 6.07) is 39.8. The van der Waals surface area contributed by atoms with Crippen LogP contribution in [0, 0.1) is 10.8 Å². The van der Waals surface area contributed by atoms with E-state index in [0.717, 1.165) is 69.5 Å². The Bertz CT molecular complexity index is 2540. The minimum absolute atomic E-state index is 0.0984. The first-order valence-electron chi connectivity index (χ1n) is 20.3. The summed E-state index contributed by atoms with van der Waals surface area (Å²) in [6.07, 6.45) is 7.80. The molecule has 0 N–H and O–H groups in total. The first-order valence-corrected chi connectivity index (χ1v) is 20.3. The van der Waals surface area contributed by atoms with Gasteiger partial charge < -0.3 is 28.4 Å². The smallest absolute Gasteiger partial charge is 0.271 e. The molecular weight excluding hydrogens is 721 g/mol. The Morgan fingerprint density at radius 2 is 1.19 bits per heavy atom. The van der Waals surface area contributed by atoms with E-state index in [-0.39, 0.29) is 22.9 Å². The molecule has 1 atom stereocenters. The van der Waals surface area contributed by atoms with Crippen molar-refractivity contribution in [3.63, 3.8) is 0 Å². The summed E-state index contributed by atoms with van der Waals surface area (Å²) in [4.78, 5) is 0. The van der Waals surface area contributed by atoms with E-state index >= 15 is 0 Å². The molecule has 10 rings (SSSR count). The van der Waals surface area contributed by atoms with Gasteiger partial charge in [-0.15, -0.1) is 0 Å². The number of hydrogen-bond donors (Lipinski definition) is 0. The van der Waals surface area contributed by atoms with E-state index in [1.165, 1.54) is 22.3 Å². The van der Waals surface area contributed by atoms with Crippen LogP contribution < -0.4 is 23.7 Å². The van der Waals surface area contributed by atoms with Gasteiger partial charge in [-0.2, -0.15) is 0 Å². The highest BCUT2D eigenvalue weighted by molar-refractivity contribution is 6.09. The lowest BCUT2D eigenvalue weighted by atomic mass is 9.52. The van der Waals surface area contributed by atoms with Gasteiger partial charge in [-0.1, -0.05) is 113 Å². The molecule has 1 unspecified atom stereocenters. The second-order valence-corrected chi connectivity index (χ2v) is 18.2. The molecule has 2 aliphatic heterocycles. The van der Waals surface area contributed by atoms with Crippen molar-refractivity contribution in [2.75, 3.05) is 27.9 Å². The molecule has 4 aliphatic rings. The third kappa shape index (κ3) is 5.41. The molecule has 2 heterocycles. The van der Waals surface area contributed by atoms with Gasteiger partial charge in [0, 0.05) is 40.2 Å². The average molecular weight is 771 g/mol. The average Bonchev–Trinajstić information content (AvgIpc) is 3.50. The van der Waals surface area contributed by atoms with Gasteiger partial charge in [0.2, 0.25) is 0 Å². The van der Waals surface area contributed by atoms with Crippen molar-refractivity contribution in [1.82, 2.24) is 0 Å². The predicted octanol–water partition coefficient (Wildman–Crippen LogP) is 12.0. The van der Waals surface area contributed by atoms with Crippen LogP contribution in [0.1, 0.15) is 80.3 Å². The van der Waals surface area contributed by atoms with Gasteiger partial charge in [0.1, 0.15) is 17.2 Å². The van der Waals surface area contributed by atoms with Crippen LogP contribution >= 0.6 is 0 Å². The summed E-state index contributed by atoms with van der Waals surface area (Å²) in [5, 5.41) is 2.04. The Hall–Kier alpha value is -5.72. The molecule has 1 spiro atoms. The van der Waals surface area contributed by atoms with Gasteiger partial charge in [0.15, 0.2) is 23.7 Å². The highest BCUT2D eigenvalue weighted by atomic mass is 16.7. The molecule has 0 radical (unpaired) electrons. The predicted molar refractivity (Wildman–Crippen MR) is 229 cm³/mol. The molecular formula is C52H50O6. The molecule has 0 aromatic heterocycles.